The van der Waals surface area contributed by atoms with E-state index in [9.17, 15) is 0 Å². The van der Waals surface area contributed by atoms with E-state index in [1.807, 2.05) is 0 Å². The van der Waals surface area contributed by atoms with Crippen LogP contribution in [0.2, 0.25) is 0 Å². The zero-order chi connectivity index (χ0) is 10.0. The maximum atomic E-state index is 2.77. The highest BCUT2D eigenvalue weighted by Crippen LogP contribution is 2.37. The third kappa shape index (κ3) is 2.50. The molecule has 0 bridgehead atoms. The van der Waals surface area contributed by atoms with Crippen LogP contribution in [0.3, 0.4) is 0 Å². The Balaban J connectivity index is 1.89. The van der Waals surface area contributed by atoms with Gasteiger partial charge in [-0.15, -0.1) is 0 Å². The van der Waals surface area contributed by atoms with Crippen molar-refractivity contribution >= 4 is 0 Å². The lowest BCUT2D eigenvalue weighted by molar-refractivity contribution is 0.0794. The van der Waals surface area contributed by atoms with E-state index in [4.69, 9.17) is 0 Å². The summed E-state index contributed by atoms with van der Waals surface area (Å²) < 4.78 is 0. The highest BCUT2D eigenvalue weighted by Gasteiger charge is 2.31. The molecule has 1 heteroatoms. The summed E-state index contributed by atoms with van der Waals surface area (Å²) in [5.74, 6) is 0. The molecule has 0 aromatic rings. The third-order valence-electron chi connectivity index (χ3n) is 4.09. The first-order valence-corrected chi connectivity index (χ1v) is 6.41. The summed E-state index contributed by atoms with van der Waals surface area (Å²) in [6.07, 6.45) is 10.1. The van der Waals surface area contributed by atoms with E-state index in [1.54, 1.807) is 0 Å². The van der Waals surface area contributed by atoms with Crippen molar-refractivity contribution in [3.63, 3.8) is 0 Å². The van der Waals surface area contributed by atoms with Gasteiger partial charge in [-0.05, 0) is 50.6 Å². The molecule has 0 aromatic heterocycles. The molecule has 1 atom stereocenters. The Bertz CT molecular complexity index is 180. The Labute approximate surface area is 88.9 Å². The molecule has 14 heavy (non-hydrogen) atoms. The lowest BCUT2D eigenvalue weighted by Gasteiger charge is -2.42. The normalized spacial score (nSPS) is 34.3. The molecule has 0 radical (unpaired) electrons. The van der Waals surface area contributed by atoms with Crippen LogP contribution in [0.25, 0.3) is 0 Å². The van der Waals surface area contributed by atoms with Crippen molar-refractivity contribution in [2.24, 2.45) is 5.41 Å². The predicted octanol–water partition coefficient (Wildman–Crippen LogP) is 3.44. The van der Waals surface area contributed by atoms with E-state index in [1.165, 1.54) is 58.0 Å². The van der Waals surface area contributed by atoms with Crippen LogP contribution in [-0.4, -0.2) is 24.0 Å². The minimum absolute atomic E-state index is 0.611. The molecule has 1 aliphatic heterocycles. The summed E-state index contributed by atoms with van der Waals surface area (Å²) in [7, 11) is 0. The average Bonchev–Trinajstić information content (AvgIpc) is 2.18. The van der Waals surface area contributed by atoms with Gasteiger partial charge < -0.3 is 4.90 Å². The van der Waals surface area contributed by atoms with E-state index >= 15 is 0 Å². The Kier molecular flexibility index (Phi) is 3.16. The van der Waals surface area contributed by atoms with Gasteiger partial charge in [-0.2, -0.15) is 0 Å². The number of hydrogen-bond donors (Lipinski definition) is 0. The smallest absolute Gasteiger partial charge is 0.0100 e. The number of hydrogen-bond acceptors (Lipinski definition) is 1. The molecule has 1 nitrogen and oxygen atoms in total. The van der Waals surface area contributed by atoms with Crippen molar-refractivity contribution in [2.45, 2.75) is 64.8 Å². The molecule has 2 rings (SSSR count). The highest BCUT2D eigenvalue weighted by atomic mass is 15.2. The van der Waals surface area contributed by atoms with Crippen molar-refractivity contribution in [1.82, 2.24) is 4.90 Å². The molecular formula is C13H25N. The number of likely N-dealkylation sites (tertiary alicyclic amines) is 1. The topological polar surface area (TPSA) is 3.24 Å². The predicted molar refractivity (Wildman–Crippen MR) is 61.5 cm³/mol. The molecule has 1 saturated carbocycles. The fourth-order valence-electron chi connectivity index (χ4n) is 3.25. The summed E-state index contributed by atoms with van der Waals surface area (Å²) in [5.41, 5.74) is 0.611. The van der Waals surface area contributed by atoms with Gasteiger partial charge >= 0.3 is 0 Å². The van der Waals surface area contributed by atoms with Gasteiger partial charge in [-0.25, -0.2) is 0 Å². The van der Waals surface area contributed by atoms with E-state index in [0.29, 0.717) is 5.41 Å². The van der Waals surface area contributed by atoms with Crippen LogP contribution in [0.5, 0.6) is 0 Å². The third-order valence-corrected chi connectivity index (χ3v) is 4.09. The largest absolute Gasteiger partial charge is 0.300 e. The van der Waals surface area contributed by atoms with Crippen LogP contribution < -0.4 is 0 Å². The van der Waals surface area contributed by atoms with E-state index in [2.05, 4.69) is 18.7 Å². The van der Waals surface area contributed by atoms with Crippen LogP contribution in [0, 0.1) is 5.41 Å². The molecule has 0 aromatic carbocycles. The Morgan fingerprint density at radius 1 is 1.00 bits per heavy atom. The molecule has 82 valence electrons. The maximum Gasteiger partial charge on any atom is 0.0100 e. The second-order valence-corrected chi connectivity index (χ2v) is 6.01. The molecule has 1 aliphatic carbocycles. The molecule has 2 fully saturated rings. The summed E-state index contributed by atoms with van der Waals surface area (Å²) in [5, 5.41) is 0. The van der Waals surface area contributed by atoms with Gasteiger partial charge in [0.25, 0.3) is 0 Å². The fourth-order valence-corrected chi connectivity index (χ4v) is 3.25. The first kappa shape index (κ1) is 10.5. The summed E-state index contributed by atoms with van der Waals surface area (Å²) in [6, 6.07) is 0.916. The molecular weight excluding hydrogens is 170 g/mol. The van der Waals surface area contributed by atoms with Gasteiger partial charge in [-0.1, -0.05) is 26.7 Å². The van der Waals surface area contributed by atoms with Crippen molar-refractivity contribution < 1.29 is 0 Å². The number of rotatable bonds is 1. The average molecular weight is 195 g/mol. The maximum absolute atomic E-state index is 2.77. The second-order valence-electron chi connectivity index (χ2n) is 6.01. The van der Waals surface area contributed by atoms with Gasteiger partial charge in [0.15, 0.2) is 0 Å². The van der Waals surface area contributed by atoms with E-state index in [0.717, 1.165) is 6.04 Å². The molecule has 0 N–H and O–H groups in total. The summed E-state index contributed by atoms with van der Waals surface area (Å²) in [6.45, 7) is 7.65. The zero-order valence-corrected chi connectivity index (χ0v) is 9.89. The van der Waals surface area contributed by atoms with Gasteiger partial charge in [0.2, 0.25) is 0 Å². The number of nitrogens with zero attached hydrogens (tertiary/aromatic N) is 1. The van der Waals surface area contributed by atoms with Crippen LogP contribution in [-0.2, 0) is 0 Å². The van der Waals surface area contributed by atoms with Gasteiger partial charge in [-0.3, -0.25) is 0 Å². The van der Waals surface area contributed by atoms with Crippen LogP contribution in [0.1, 0.15) is 58.8 Å². The Morgan fingerprint density at radius 3 is 2.36 bits per heavy atom. The molecule has 1 heterocycles. The zero-order valence-electron chi connectivity index (χ0n) is 9.89. The standard InChI is InChI=1S/C13H25N/c1-13(2)8-6-7-12(11-13)14-9-4-3-5-10-14/h12H,3-11H2,1-2H3/t12-/m0/s1. The van der Waals surface area contributed by atoms with Crippen molar-refractivity contribution in [1.29, 1.82) is 0 Å². The monoisotopic (exact) mass is 195 g/mol. The Morgan fingerprint density at radius 2 is 1.71 bits per heavy atom. The lowest BCUT2D eigenvalue weighted by Crippen LogP contribution is -2.43. The molecule has 1 saturated heterocycles. The molecule has 0 unspecified atom stereocenters. The van der Waals surface area contributed by atoms with Gasteiger partial charge in [0.05, 0.1) is 0 Å². The minimum Gasteiger partial charge on any atom is -0.300 e. The van der Waals surface area contributed by atoms with Crippen molar-refractivity contribution in [3.05, 3.63) is 0 Å². The van der Waals surface area contributed by atoms with Crippen molar-refractivity contribution in [2.75, 3.05) is 13.1 Å². The fraction of sp³-hybridized carbons (Fsp3) is 1.00. The lowest BCUT2D eigenvalue weighted by atomic mass is 9.74. The first-order chi connectivity index (χ1) is 6.67. The van der Waals surface area contributed by atoms with Crippen molar-refractivity contribution in [3.8, 4) is 0 Å². The van der Waals surface area contributed by atoms with Crippen LogP contribution in [0.4, 0.5) is 0 Å². The Hall–Kier alpha value is -0.0400. The molecule has 0 amide bonds. The van der Waals surface area contributed by atoms with Crippen LogP contribution >= 0.6 is 0 Å². The first-order valence-electron chi connectivity index (χ1n) is 6.41. The number of piperidine rings is 1. The summed E-state index contributed by atoms with van der Waals surface area (Å²) in [4.78, 5) is 2.77. The van der Waals surface area contributed by atoms with Gasteiger partial charge in [0.1, 0.15) is 0 Å². The summed E-state index contributed by atoms with van der Waals surface area (Å²) >= 11 is 0. The minimum atomic E-state index is 0.611. The molecule has 2 aliphatic rings. The second kappa shape index (κ2) is 4.22. The van der Waals surface area contributed by atoms with Gasteiger partial charge in [0, 0.05) is 6.04 Å². The van der Waals surface area contributed by atoms with Crippen LogP contribution in [0.15, 0.2) is 0 Å². The molecule has 0 spiro atoms. The SMILES string of the molecule is CC1(C)CCC[C@H](N2CCCCC2)C1. The van der Waals surface area contributed by atoms with E-state index in [-0.39, 0.29) is 0 Å². The highest BCUT2D eigenvalue weighted by molar-refractivity contribution is 4.86. The van der Waals surface area contributed by atoms with E-state index < -0.39 is 0 Å². The quantitative estimate of drug-likeness (QED) is 0.619.